The molecule has 1 aromatic heterocycles. The molecule has 0 atom stereocenters. The summed E-state index contributed by atoms with van der Waals surface area (Å²) in [5.74, 6) is -0.0107. The number of unbranched alkanes of at least 4 members (excludes halogenated alkanes) is 1. The van der Waals surface area contributed by atoms with Crippen LogP contribution in [0.25, 0.3) is 0 Å². The van der Waals surface area contributed by atoms with E-state index >= 15 is 0 Å². The number of ketones is 1. The third kappa shape index (κ3) is 4.57. The fourth-order valence-corrected chi connectivity index (χ4v) is 1.99. The third-order valence-electron chi connectivity index (χ3n) is 3.06. The van der Waals surface area contributed by atoms with E-state index in [0.717, 1.165) is 30.5 Å². The maximum absolute atomic E-state index is 12.8. The Kier molecular flexibility index (Phi) is 4.98. The van der Waals surface area contributed by atoms with Gasteiger partial charge < -0.3 is 4.79 Å². The fraction of sp³-hybridized carbons (Fsp3) is 0.400. The minimum atomic E-state index is -0.237. The van der Waals surface area contributed by atoms with Crippen LogP contribution in [-0.4, -0.2) is 20.8 Å². The average molecular weight is 275 g/mol. The molecule has 0 unspecified atom stereocenters. The first-order valence-electron chi connectivity index (χ1n) is 6.76. The summed E-state index contributed by atoms with van der Waals surface area (Å²) in [6, 6.07) is 6.36. The normalized spacial score (nSPS) is 10.7. The summed E-state index contributed by atoms with van der Waals surface area (Å²) in [6.07, 6.45) is 5.19. The topological polar surface area (TPSA) is 47.8 Å². The van der Waals surface area contributed by atoms with E-state index in [2.05, 4.69) is 10.3 Å². The van der Waals surface area contributed by atoms with Crippen LogP contribution in [0.15, 0.2) is 30.5 Å². The van der Waals surface area contributed by atoms with E-state index in [1.54, 1.807) is 23.7 Å². The summed E-state index contributed by atoms with van der Waals surface area (Å²) in [4.78, 5) is 10.8. The maximum atomic E-state index is 12.8. The second kappa shape index (κ2) is 6.93. The number of Topliss-reactive ketones (excluding diaryl/α,β-unsaturated/α-hetero) is 1. The average Bonchev–Trinajstić information content (AvgIpc) is 2.85. The summed E-state index contributed by atoms with van der Waals surface area (Å²) in [5.41, 5.74) is 1.91. The molecule has 0 saturated heterocycles. The van der Waals surface area contributed by atoms with E-state index < -0.39 is 0 Å². The smallest absolute Gasteiger partial charge is 0.129 e. The van der Waals surface area contributed by atoms with Crippen LogP contribution < -0.4 is 0 Å². The number of aryl methyl sites for hydroxylation is 1. The highest BCUT2D eigenvalue weighted by Crippen LogP contribution is 2.07. The van der Waals surface area contributed by atoms with E-state index in [0.29, 0.717) is 13.0 Å². The van der Waals surface area contributed by atoms with Crippen molar-refractivity contribution in [1.29, 1.82) is 0 Å². The number of carbonyl (C=O) groups excluding carboxylic acids is 1. The van der Waals surface area contributed by atoms with Crippen molar-refractivity contribution in [3.63, 3.8) is 0 Å². The Balaban J connectivity index is 1.82. The summed E-state index contributed by atoms with van der Waals surface area (Å²) in [6.45, 7) is 2.19. The number of hydrogen-bond acceptors (Lipinski definition) is 3. The molecule has 0 spiro atoms. The zero-order valence-electron chi connectivity index (χ0n) is 11.6. The van der Waals surface area contributed by atoms with E-state index in [-0.39, 0.29) is 11.6 Å². The lowest BCUT2D eigenvalue weighted by atomic mass is 10.1. The molecular weight excluding hydrogens is 257 g/mol. The largest absolute Gasteiger partial charge is 0.300 e. The summed E-state index contributed by atoms with van der Waals surface area (Å²) < 4.78 is 14.5. The first-order chi connectivity index (χ1) is 9.63. The van der Waals surface area contributed by atoms with Gasteiger partial charge in [0, 0.05) is 12.6 Å². The summed E-state index contributed by atoms with van der Waals surface area (Å²) in [5, 5.41) is 8.15. The van der Waals surface area contributed by atoms with Crippen LogP contribution in [0.2, 0.25) is 0 Å². The molecule has 0 aliphatic carbocycles. The lowest BCUT2D eigenvalue weighted by molar-refractivity contribution is -0.117. The maximum Gasteiger partial charge on any atom is 0.129 e. The highest BCUT2D eigenvalue weighted by Gasteiger charge is 2.03. The minimum absolute atomic E-state index is 0.227. The molecule has 2 rings (SSSR count). The first kappa shape index (κ1) is 14.4. The Morgan fingerprint density at radius 3 is 2.70 bits per heavy atom. The van der Waals surface area contributed by atoms with Gasteiger partial charge in [0.15, 0.2) is 0 Å². The van der Waals surface area contributed by atoms with Gasteiger partial charge in [0.2, 0.25) is 0 Å². The summed E-state index contributed by atoms with van der Waals surface area (Å²) >= 11 is 0. The number of carbonyl (C=O) groups is 1. The number of benzene rings is 1. The van der Waals surface area contributed by atoms with E-state index in [1.807, 2.05) is 6.20 Å². The second-order valence-electron chi connectivity index (χ2n) is 4.94. The van der Waals surface area contributed by atoms with Crippen molar-refractivity contribution in [2.75, 3.05) is 0 Å². The molecule has 4 nitrogen and oxygen atoms in total. The lowest BCUT2D eigenvalue weighted by Crippen LogP contribution is -2.00. The SMILES string of the molecule is CC(=O)CCCCc1cn(Cc2ccc(F)cc2)nn1. The van der Waals surface area contributed by atoms with Gasteiger partial charge in [-0.1, -0.05) is 17.3 Å². The Labute approximate surface area is 117 Å². The van der Waals surface area contributed by atoms with Crippen molar-refractivity contribution < 1.29 is 9.18 Å². The van der Waals surface area contributed by atoms with Crippen molar-refractivity contribution in [3.8, 4) is 0 Å². The highest BCUT2D eigenvalue weighted by molar-refractivity contribution is 5.75. The number of rotatable bonds is 7. The molecule has 0 bridgehead atoms. The summed E-state index contributed by atoms with van der Waals surface area (Å²) in [7, 11) is 0. The molecule has 1 heterocycles. The lowest BCUT2D eigenvalue weighted by Gasteiger charge is -2.00. The molecule has 2 aromatic rings. The predicted molar refractivity (Wildman–Crippen MR) is 73.8 cm³/mol. The van der Waals surface area contributed by atoms with E-state index in [4.69, 9.17) is 0 Å². The molecule has 0 fully saturated rings. The van der Waals surface area contributed by atoms with Crippen molar-refractivity contribution in [1.82, 2.24) is 15.0 Å². The van der Waals surface area contributed by atoms with E-state index in [9.17, 15) is 9.18 Å². The molecule has 0 saturated carbocycles. The monoisotopic (exact) mass is 275 g/mol. The number of hydrogen-bond donors (Lipinski definition) is 0. The zero-order valence-corrected chi connectivity index (χ0v) is 11.6. The molecular formula is C15H18FN3O. The molecule has 0 aliphatic rings. The Hall–Kier alpha value is -2.04. The van der Waals surface area contributed by atoms with Crippen molar-refractivity contribution in [2.45, 2.75) is 39.2 Å². The van der Waals surface area contributed by atoms with Crippen LogP contribution in [0.5, 0.6) is 0 Å². The number of aromatic nitrogens is 3. The van der Waals surface area contributed by atoms with E-state index in [1.165, 1.54) is 12.1 Å². The van der Waals surface area contributed by atoms with Crippen molar-refractivity contribution in [2.24, 2.45) is 0 Å². The van der Waals surface area contributed by atoms with Gasteiger partial charge in [-0.3, -0.25) is 0 Å². The Morgan fingerprint density at radius 1 is 1.25 bits per heavy atom. The molecule has 1 aromatic carbocycles. The number of nitrogens with zero attached hydrogens (tertiary/aromatic N) is 3. The van der Waals surface area contributed by atoms with Gasteiger partial charge in [-0.2, -0.15) is 0 Å². The van der Waals surface area contributed by atoms with Crippen molar-refractivity contribution >= 4 is 5.78 Å². The predicted octanol–water partition coefficient (Wildman–Crippen LogP) is 2.77. The molecule has 20 heavy (non-hydrogen) atoms. The van der Waals surface area contributed by atoms with Gasteiger partial charge in [0.1, 0.15) is 11.6 Å². The molecule has 0 N–H and O–H groups in total. The van der Waals surface area contributed by atoms with Crippen LogP contribution in [0.1, 0.15) is 37.4 Å². The van der Waals surface area contributed by atoms with Crippen LogP contribution in [0.4, 0.5) is 4.39 Å². The van der Waals surface area contributed by atoms with Gasteiger partial charge in [-0.05, 0) is 43.9 Å². The standard InChI is InChI=1S/C15H18FN3O/c1-12(20)4-2-3-5-15-11-19(18-17-15)10-13-6-8-14(16)9-7-13/h6-9,11H,2-5,10H2,1H3. The van der Waals surface area contributed by atoms with Gasteiger partial charge in [0.25, 0.3) is 0 Å². The first-order valence-corrected chi connectivity index (χ1v) is 6.76. The van der Waals surface area contributed by atoms with Gasteiger partial charge in [-0.25, -0.2) is 9.07 Å². The molecule has 106 valence electrons. The molecule has 0 aliphatic heterocycles. The zero-order chi connectivity index (χ0) is 14.4. The Bertz CT molecular complexity index is 563. The quantitative estimate of drug-likeness (QED) is 0.730. The minimum Gasteiger partial charge on any atom is -0.300 e. The van der Waals surface area contributed by atoms with Gasteiger partial charge in [-0.15, -0.1) is 5.10 Å². The van der Waals surface area contributed by atoms with Crippen LogP contribution in [0.3, 0.4) is 0 Å². The molecule has 0 amide bonds. The van der Waals surface area contributed by atoms with Gasteiger partial charge >= 0.3 is 0 Å². The Morgan fingerprint density at radius 2 is 2.00 bits per heavy atom. The molecule has 0 radical (unpaired) electrons. The van der Waals surface area contributed by atoms with Gasteiger partial charge in [0.05, 0.1) is 12.2 Å². The fourth-order valence-electron chi connectivity index (χ4n) is 1.99. The molecule has 5 heteroatoms. The number of halogens is 1. The van der Waals surface area contributed by atoms with Crippen LogP contribution in [0, 0.1) is 5.82 Å². The van der Waals surface area contributed by atoms with Crippen molar-refractivity contribution in [3.05, 3.63) is 47.5 Å². The second-order valence-corrected chi connectivity index (χ2v) is 4.94. The van der Waals surface area contributed by atoms with Crippen LogP contribution in [-0.2, 0) is 17.8 Å². The van der Waals surface area contributed by atoms with Crippen LogP contribution >= 0.6 is 0 Å². The highest BCUT2D eigenvalue weighted by atomic mass is 19.1. The third-order valence-corrected chi connectivity index (χ3v) is 3.06.